The van der Waals surface area contributed by atoms with E-state index in [0.717, 1.165) is 11.8 Å². The highest BCUT2D eigenvalue weighted by Crippen LogP contribution is 2.23. The summed E-state index contributed by atoms with van der Waals surface area (Å²) < 4.78 is 0. The molecule has 0 saturated heterocycles. The number of rotatable bonds is 5. The van der Waals surface area contributed by atoms with Crippen molar-refractivity contribution >= 4 is 40.7 Å². The number of nitro benzene ring substituents is 1. The maximum absolute atomic E-state index is 11.9. The Kier molecular flexibility index (Phi) is 4.96. The van der Waals surface area contributed by atoms with Crippen LogP contribution < -0.4 is 16.8 Å². The van der Waals surface area contributed by atoms with Gasteiger partial charge in [-0.2, -0.15) is 0 Å². The molecule has 0 saturated carbocycles. The highest BCUT2D eigenvalue weighted by Gasteiger charge is 2.13. The second-order valence-electron chi connectivity index (χ2n) is 4.60. The van der Waals surface area contributed by atoms with Crippen LogP contribution in [0.2, 0.25) is 0 Å². The number of nitrogens with zero attached hydrogens (tertiary/aromatic N) is 3. The second kappa shape index (κ2) is 6.92. The van der Waals surface area contributed by atoms with Gasteiger partial charge in [-0.05, 0) is 13.0 Å². The van der Waals surface area contributed by atoms with Crippen LogP contribution in [0.5, 0.6) is 0 Å². The summed E-state index contributed by atoms with van der Waals surface area (Å²) in [4.78, 5) is 30.2. The largest absolute Gasteiger partial charge is 0.383 e. The van der Waals surface area contributed by atoms with Crippen molar-refractivity contribution in [2.24, 2.45) is 0 Å². The number of nitrogen functional groups attached to an aromatic ring is 2. The van der Waals surface area contributed by atoms with Crippen molar-refractivity contribution in [3.63, 3.8) is 0 Å². The Morgan fingerprint density at radius 3 is 2.57 bits per heavy atom. The van der Waals surface area contributed by atoms with Crippen LogP contribution in [0.1, 0.15) is 5.56 Å². The van der Waals surface area contributed by atoms with Gasteiger partial charge in [0.25, 0.3) is 5.69 Å². The van der Waals surface area contributed by atoms with E-state index < -0.39 is 4.92 Å². The molecule has 0 unspecified atom stereocenters. The number of nitrogens with one attached hydrogen (secondary N) is 1. The van der Waals surface area contributed by atoms with Gasteiger partial charge in [0.2, 0.25) is 5.91 Å². The predicted octanol–water partition coefficient (Wildman–Crippen LogP) is 1.59. The fraction of sp³-hybridized carbons (Fsp3) is 0.154. The van der Waals surface area contributed by atoms with Gasteiger partial charge in [0.05, 0.1) is 10.7 Å². The third-order valence-corrected chi connectivity index (χ3v) is 3.61. The molecule has 9 nitrogen and oxygen atoms in total. The zero-order chi connectivity index (χ0) is 17.0. The van der Waals surface area contributed by atoms with E-state index in [9.17, 15) is 14.9 Å². The third-order valence-electron chi connectivity index (χ3n) is 2.77. The molecule has 1 aromatic heterocycles. The summed E-state index contributed by atoms with van der Waals surface area (Å²) in [6.45, 7) is 1.63. The number of amides is 1. The first kappa shape index (κ1) is 16.5. The molecule has 0 aliphatic rings. The van der Waals surface area contributed by atoms with Crippen molar-refractivity contribution in [2.45, 2.75) is 12.1 Å². The lowest BCUT2D eigenvalue weighted by Gasteiger charge is -2.06. The molecule has 1 amide bonds. The first-order valence-corrected chi connectivity index (χ1v) is 7.41. The summed E-state index contributed by atoms with van der Waals surface area (Å²) in [7, 11) is 0. The van der Waals surface area contributed by atoms with Crippen LogP contribution in [0, 0.1) is 17.0 Å². The number of aryl methyl sites for hydroxylation is 1. The number of hydrogen-bond donors (Lipinski definition) is 3. The van der Waals surface area contributed by atoms with Gasteiger partial charge in [0.1, 0.15) is 11.6 Å². The lowest BCUT2D eigenvalue weighted by molar-refractivity contribution is -0.385. The van der Waals surface area contributed by atoms with Gasteiger partial charge in [-0.15, -0.1) is 0 Å². The topological polar surface area (TPSA) is 150 Å². The molecular formula is C13H14N6O3S. The summed E-state index contributed by atoms with van der Waals surface area (Å²) in [5.41, 5.74) is 11.9. The zero-order valence-corrected chi connectivity index (χ0v) is 13.0. The first-order chi connectivity index (χ1) is 10.8. The summed E-state index contributed by atoms with van der Waals surface area (Å²) in [5, 5.41) is 13.7. The number of nitrogens with two attached hydrogens (primary N) is 2. The molecular weight excluding hydrogens is 320 g/mol. The van der Waals surface area contributed by atoms with Crippen molar-refractivity contribution < 1.29 is 9.72 Å². The van der Waals surface area contributed by atoms with E-state index >= 15 is 0 Å². The molecule has 0 aliphatic heterocycles. The maximum atomic E-state index is 11.9. The van der Waals surface area contributed by atoms with Crippen LogP contribution in [0.4, 0.5) is 23.0 Å². The number of thioether (sulfide) groups is 1. The van der Waals surface area contributed by atoms with Crippen molar-refractivity contribution in [2.75, 3.05) is 22.5 Å². The van der Waals surface area contributed by atoms with E-state index in [2.05, 4.69) is 15.3 Å². The zero-order valence-electron chi connectivity index (χ0n) is 12.1. The highest BCUT2D eigenvalue weighted by molar-refractivity contribution is 7.99. The molecule has 1 aromatic carbocycles. The minimum Gasteiger partial charge on any atom is -0.383 e. The van der Waals surface area contributed by atoms with Gasteiger partial charge in [0.15, 0.2) is 5.16 Å². The molecule has 0 radical (unpaired) electrons. The smallest absolute Gasteiger partial charge is 0.274 e. The van der Waals surface area contributed by atoms with Gasteiger partial charge < -0.3 is 16.8 Å². The molecule has 120 valence electrons. The number of nitro groups is 1. The van der Waals surface area contributed by atoms with Gasteiger partial charge >= 0.3 is 0 Å². The number of carbonyl (C=O) groups is 1. The average molecular weight is 334 g/mol. The van der Waals surface area contributed by atoms with Gasteiger partial charge in [-0.3, -0.25) is 14.9 Å². The molecule has 23 heavy (non-hydrogen) atoms. The molecule has 2 aromatic rings. The van der Waals surface area contributed by atoms with Crippen molar-refractivity contribution in [1.82, 2.24) is 9.97 Å². The maximum Gasteiger partial charge on any atom is 0.274 e. The number of hydrogen-bond acceptors (Lipinski definition) is 8. The summed E-state index contributed by atoms with van der Waals surface area (Å²) in [6.07, 6.45) is 0. The highest BCUT2D eigenvalue weighted by atomic mass is 32.2. The molecule has 10 heteroatoms. The van der Waals surface area contributed by atoms with E-state index in [1.54, 1.807) is 19.1 Å². The molecule has 0 spiro atoms. The Hall–Kier alpha value is -2.88. The van der Waals surface area contributed by atoms with Crippen LogP contribution in [0.15, 0.2) is 29.4 Å². The van der Waals surface area contributed by atoms with Gasteiger partial charge in [0, 0.05) is 23.4 Å². The Balaban J connectivity index is 1.99. The van der Waals surface area contributed by atoms with E-state index in [4.69, 9.17) is 11.5 Å². The van der Waals surface area contributed by atoms with Crippen LogP contribution >= 0.6 is 11.8 Å². The van der Waals surface area contributed by atoms with Gasteiger partial charge in [-0.25, -0.2) is 9.97 Å². The van der Waals surface area contributed by atoms with E-state index in [1.807, 2.05) is 0 Å². The van der Waals surface area contributed by atoms with E-state index in [-0.39, 0.29) is 34.1 Å². The first-order valence-electron chi connectivity index (χ1n) is 6.43. The van der Waals surface area contributed by atoms with Crippen molar-refractivity contribution in [1.29, 1.82) is 0 Å². The second-order valence-corrected chi connectivity index (χ2v) is 5.54. The summed E-state index contributed by atoms with van der Waals surface area (Å²) in [6, 6.07) is 5.89. The fourth-order valence-electron chi connectivity index (χ4n) is 1.74. The quantitative estimate of drug-likeness (QED) is 0.323. The summed E-state index contributed by atoms with van der Waals surface area (Å²) in [5.74, 6) is 0.103. The fourth-order valence-corrected chi connectivity index (χ4v) is 2.41. The van der Waals surface area contributed by atoms with E-state index in [0.29, 0.717) is 11.3 Å². The minimum absolute atomic E-state index is 0.0184. The van der Waals surface area contributed by atoms with Crippen LogP contribution in [-0.2, 0) is 4.79 Å². The van der Waals surface area contributed by atoms with Crippen LogP contribution in [0.3, 0.4) is 0 Å². The average Bonchev–Trinajstić information content (AvgIpc) is 2.46. The minimum atomic E-state index is -0.497. The number of benzene rings is 1. The molecule has 0 fully saturated rings. The molecule has 2 rings (SSSR count). The number of aromatic nitrogens is 2. The van der Waals surface area contributed by atoms with Crippen molar-refractivity contribution in [3.8, 4) is 0 Å². The molecule has 1 heterocycles. The Labute approximate surface area is 135 Å². The predicted molar refractivity (Wildman–Crippen MR) is 88.0 cm³/mol. The lowest BCUT2D eigenvalue weighted by atomic mass is 10.2. The third kappa shape index (κ3) is 4.54. The summed E-state index contributed by atoms with van der Waals surface area (Å²) >= 11 is 1.06. The Morgan fingerprint density at radius 1 is 1.30 bits per heavy atom. The van der Waals surface area contributed by atoms with E-state index in [1.165, 1.54) is 12.1 Å². The van der Waals surface area contributed by atoms with Crippen LogP contribution in [-0.4, -0.2) is 26.6 Å². The molecule has 0 aliphatic carbocycles. The standard InChI is InChI=1S/C13H14N6O3S/c1-7-2-3-8(4-9(7)19(21)22)16-12(20)6-23-13-17-10(14)5-11(15)18-13/h2-5H,6H2,1H3,(H,16,20)(H4,14,15,17,18). The van der Waals surface area contributed by atoms with Crippen molar-refractivity contribution in [3.05, 3.63) is 39.9 Å². The Morgan fingerprint density at radius 2 is 1.96 bits per heavy atom. The SMILES string of the molecule is Cc1ccc(NC(=O)CSc2nc(N)cc(N)n2)cc1[N+](=O)[O-]. The lowest BCUT2D eigenvalue weighted by Crippen LogP contribution is -2.14. The molecule has 0 atom stereocenters. The normalized spacial score (nSPS) is 10.3. The molecule has 5 N–H and O–H groups in total. The Bertz CT molecular complexity index is 747. The van der Waals surface area contributed by atoms with Crippen LogP contribution in [0.25, 0.3) is 0 Å². The van der Waals surface area contributed by atoms with Gasteiger partial charge in [-0.1, -0.05) is 17.8 Å². The number of carbonyl (C=O) groups excluding carboxylic acids is 1. The number of anilines is 3. The molecule has 0 bridgehead atoms. The monoisotopic (exact) mass is 334 g/mol.